The lowest BCUT2D eigenvalue weighted by Crippen LogP contribution is -2.55. The predicted octanol–water partition coefficient (Wildman–Crippen LogP) is 4.53. The lowest BCUT2D eigenvalue weighted by Gasteiger charge is -2.40. The van der Waals surface area contributed by atoms with Gasteiger partial charge in [0.25, 0.3) is 0 Å². The zero-order chi connectivity index (χ0) is 26.4. The molecule has 0 unspecified atom stereocenters. The molecule has 1 aromatic carbocycles. The molecule has 0 spiro atoms. The van der Waals surface area contributed by atoms with Crippen molar-refractivity contribution in [2.24, 2.45) is 0 Å². The molecule has 3 heterocycles. The minimum Gasteiger partial charge on any atom is -0.490 e. The summed E-state index contributed by atoms with van der Waals surface area (Å²) >= 11 is 0. The minimum atomic E-state index is -0.560. The number of nitriles is 1. The summed E-state index contributed by atoms with van der Waals surface area (Å²) in [6.07, 6.45) is 4.84. The predicted molar refractivity (Wildman–Crippen MR) is 140 cm³/mol. The molecule has 2 aromatic rings. The summed E-state index contributed by atoms with van der Waals surface area (Å²) in [4.78, 5) is 23.6. The monoisotopic (exact) mass is 508 g/mol. The molecule has 2 aliphatic rings. The molecule has 10 heteroatoms. The molecule has 2 fully saturated rings. The summed E-state index contributed by atoms with van der Waals surface area (Å²) in [5.74, 6) is 1.82. The number of anilines is 3. The Hall–Kier alpha value is -3.58. The average Bonchev–Trinajstić information content (AvgIpc) is 2.86. The Labute approximate surface area is 218 Å². The molecule has 2 saturated heterocycles. The van der Waals surface area contributed by atoms with Crippen LogP contribution in [-0.4, -0.2) is 59.6 Å². The van der Waals surface area contributed by atoms with E-state index in [4.69, 9.17) is 19.2 Å². The SMILES string of the molecule is C[C@@H]1[C@H](NC(=O)OC(C)(C)C)CCCN1c1cnc(C#N)c(Nc2ccc(OC3CCOCC3)cc2)n1. The number of carbonyl (C=O) groups excluding carboxylic acids is 1. The van der Waals surface area contributed by atoms with Gasteiger partial charge in [0.05, 0.1) is 25.5 Å². The van der Waals surface area contributed by atoms with Gasteiger partial charge in [0.2, 0.25) is 0 Å². The molecule has 2 aliphatic heterocycles. The minimum absolute atomic E-state index is 0.0297. The van der Waals surface area contributed by atoms with Crippen molar-refractivity contribution < 1.29 is 19.0 Å². The number of aromatic nitrogens is 2. The number of nitrogens with zero attached hydrogens (tertiary/aromatic N) is 4. The van der Waals surface area contributed by atoms with Crippen molar-refractivity contribution in [1.82, 2.24) is 15.3 Å². The summed E-state index contributed by atoms with van der Waals surface area (Å²) in [5.41, 5.74) is 0.425. The summed E-state index contributed by atoms with van der Waals surface area (Å²) in [6, 6.07) is 9.59. The Morgan fingerprint density at radius 3 is 2.59 bits per heavy atom. The van der Waals surface area contributed by atoms with Gasteiger partial charge in [-0.1, -0.05) is 0 Å². The van der Waals surface area contributed by atoms with Crippen molar-refractivity contribution in [3.05, 3.63) is 36.2 Å². The molecule has 2 atom stereocenters. The number of carbonyl (C=O) groups is 1. The van der Waals surface area contributed by atoms with Crippen LogP contribution >= 0.6 is 0 Å². The third-order valence-electron chi connectivity index (χ3n) is 6.44. The van der Waals surface area contributed by atoms with E-state index in [0.29, 0.717) is 11.6 Å². The first-order valence-corrected chi connectivity index (χ1v) is 12.9. The highest BCUT2D eigenvalue weighted by Gasteiger charge is 2.32. The van der Waals surface area contributed by atoms with Gasteiger partial charge in [-0.15, -0.1) is 0 Å². The van der Waals surface area contributed by atoms with Crippen LogP contribution in [0.25, 0.3) is 0 Å². The molecule has 0 aliphatic carbocycles. The molecular weight excluding hydrogens is 472 g/mol. The zero-order valence-corrected chi connectivity index (χ0v) is 22.0. The summed E-state index contributed by atoms with van der Waals surface area (Å²) in [6.45, 7) is 9.80. The van der Waals surface area contributed by atoms with Crippen LogP contribution < -0.4 is 20.3 Å². The van der Waals surface area contributed by atoms with Crippen LogP contribution in [0.2, 0.25) is 0 Å². The van der Waals surface area contributed by atoms with E-state index in [1.54, 1.807) is 6.20 Å². The second-order valence-electron chi connectivity index (χ2n) is 10.4. The topological polar surface area (TPSA) is 122 Å². The number of nitrogens with one attached hydrogen (secondary N) is 2. The zero-order valence-electron chi connectivity index (χ0n) is 22.0. The van der Waals surface area contributed by atoms with E-state index in [1.807, 2.05) is 52.0 Å². The van der Waals surface area contributed by atoms with Crippen LogP contribution in [0.4, 0.5) is 22.1 Å². The van der Waals surface area contributed by atoms with E-state index in [1.165, 1.54) is 0 Å². The fraction of sp³-hybridized carbons (Fsp3) is 0.556. The summed E-state index contributed by atoms with van der Waals surface area (Å²) < 4.78 is 16.9. The Bertz CT molecular complexity index is 1110. The number of ether oxygens (including phenoxy) is 3. The van der Waals surface area contributed by atoms with Gasteiger partial charge in [0.15, 0.2) is 11.5 Å². The first-order chi connectivity index (χ1) is 17.7. The highest BCUT2D eigenvalue weighted by molar-refractivity contribution is 5.68. The molecule has 37 heavy (non-hydrogen) atoms. The van der Waals surface area contributed by atoms with Gasteiger partial charge in [-0.3, -0.25) is 0 Å². The van der Waals surface area contributed by atoms with Gasteiger partial charge in [0, 0.05) is 31.1 Å². The largest absolute Gasteiger partial charge is 0.490 e. The summed E-state index contributed by atoms with van der Waals surface area (Å²) in [5, 5.41) is 15.8. The highest BCUT2D eigenvalue weighted by Crippen LogP contribution is 2.27. The number of rotatable bonds is 6. The standard InChI is InChI=1S/C27H36N6O4/c1-18-22(31-26(34)37-27(2,3)4)6-5-13-33(18)24-17-29-23(16-28)25(32-24)30-19-7-9-20(10-8-19)36-21-11-14-35-15-12-21/h7-10,17-18,21-22H,5-6,11-15H2,1-4H3,(H,30,32)(H,31,34)/t18-,22-/m1/s1. The molecule has 0 radical (unpaired) electrons. The molecule has 2 N–H and O–H groups in total. The first-order valence-electron chi connectivity index (χ1n) is 12.9. The second-order valence-corrected chi connectivity index (χ2v) is 10.4. The van der Waals surface area contributed by atoms with Gasteiger partial charge in [-0.05, 0) is 64.8 Å². The van der Waals surface area contributed by atoms with E-state index in [0.717, 1.165) is 56.9 Å². The van der Waals surface area contributed by atoms with Gasteiger partial charge in [0.1, 0.15) is 29.3 Å². The van der Waals surface area contributed by atoms with E-state index in [2.05, 4.69) is 26.6 Å². The fourth-order valence-corrected chi connectivity index (χ4v) is 4.55. The lowest BCUT2D eigenvalue weighted by molar-refractivity contribution is 0.0255. The lowest BCUT2D eigenvalue weighted by atomic mass is 9.97. The van der Waals surface area contributed by atoms with Crippen LogP contribution in [0.5, 0.6) is 5.75 Å². The van der Waals surface area contributed by atoms with Crippen molar-refractivity contribution >= 4 is 23.4 Å². The van der Waals surface area contributed by atoms with Crippen molar-refractivity contribution in [3.63, 3.8) is 0 Å². The average molecular weight is 509 g/mol. The van der Waals surface area contributed by atoms with E-state index < -0.39 is 11.7 Å². The van der Waals surface area contributed by atoms with Crippen LogP contribution in [0.15, 0.2) is 30.5 Å². The maximum atomic E-state index is 12.4. The van der Waals surface area contributed by atoms with Gasteiger partial charge >= 0.3 is 6.09 Å². The number of benzene rings is 1. The van der Waals surface area contributed by atoms with E-state index >= 15 is 0 Å². The van der Waals surface area contributed by atoms with Crippen molar-refractivity contribution in [2.75, 3.05) is 30.0 Å². The summed E-state index contributed by atoms with van der Waals surface area (Å²) in [7, 11) is 0. The molecule has 198 valence electrons. The van der Waals surface area contributed by atoms with Crippen LogP contribution in [-0.2, 0) is 9.47 Å². The Morgan fingerprint density at radius 2 is 1.92 bits per heavy atom. The quantitative estimate of drug-likeness (QED) is 0.579. The fourth-order valence-electron chi connectivity index (χ4n) is 4.55. The van der Waals surface area contributed by atoms with Crippen molar-refractivity contribution in [2.45, 2.75) is 77.2 Å². The van der Waals surface area contributed by atoms with Crippen molar-refractivity contribution in [1.29, 1.82) is 5.26 Å². The van der Waals surface area contributed by atoms with Gasteiger partial charge in [-0.25, -0.2) is 14.8 Å². The number of piperidine rings is 1. The number of amides is 1. The Kier molecular flexibility index (Phi) is 8.34. The third-order valence-corrected chi connectivity index (χ3v) is 6.44. The maximum Gasteiger partial charge on any atom is 0.407 e. The molecule has 1 amide bonds. The van der Waals surface area contributed by atoms with Crippen LogP contribution in [0, 0.1) is 11.3 Å². The van der Waals surface area contributed by atoms with E-state index in [9.17, 15) is 10.1 Å². The van der Waals surface area contributed by atoms with Gasteiger partial charge < -0.3 is 29.7 Å². The molecule has 1 aromatic heterocycles. The third kappa shape index (κ3) is 7.23. The normalized spacial score (nSPS) is 20.6. The number of hydrogen-bond acceptors (Lipinski definition) is 9. The number of alkyl carbamates (subject to hydrolysis) is 1. The molecule has 0 bridgehead atoms. The molecule has 4 rings (SSSR count). The van der Waals surface area contributed by atoms with Crippen molar-refractivity contribution in [3.8, 4) is 11.8 Å². The second kappa shape index (κ2) is 11.6. The Balaban J connectivity index is 1.44. The van der Waals surface area contributed by atoms with Crippen LogP contribution in [0.3, 0.4) is 0 Å². The molecule has 10 nitrogen and oxygen atoms in total. The van der Waals surface area contributed by atoms with Crippen LogP contribution in [0.1, 0.15) is 59.1 Å². The van der Waals surface area contributed by atoms with E-state index in [-0.39, 0.29) is 23.9 Å². The maximum absolute atomic E-state index is 12.4. The highest BCUT2D eigenvalue weighted by atomic mass is 16.6. The molecule has 0 saturated carbocycles. The van der Waals surface area contributed by atoms with Gasteiger partial charge in [-0.2, -0.15) is 5.26 Å². The number of hydrogen-bond donors (Lipinski definition) is 2. The smallest absolute Gasteiger partial charge is 0.407 e. The Morgan fingerprint density at radius 1 is 1.19 bits per heavy atom. The first kappa shape index (κ1) is 26.5. The molecular formula is C27H36N6O4.